The van der Waals surface area contributed by atoms with Crippen LogP contribution in [0.5, 0.6) is 0 Å². The number of fused-ring (bicyclic) bond motifs is 9. The molecule has 3 nitrogen and oxygen atoms in total. The molecule has 0 atom stereocenters. The van der Waals surface area contributed by atoms with E-state index in [1.54, 1.807) is 0 Å². The van der Waals surface area contributed by atoms with Gasteiger partial charge in [-0.25, -0.2) is 0 Å². The normalized spacial score (nSPS) is 13.0. The third kappa shape index (κ3) is 5.02. The summed E-state index contributed by atoms with van der Waals surface area (Å²) in [5, 5.41) is 4.63. The Morgan fingerprint density at radius 1 is 0.433 bits per heavy atom. The van der Waals surface area contributed by atoms with Crippen LogP contribution in [-0.2, 0) is 5.41 Å². The third-order valence-electron chi connectivity index (χ3n) is 12.8. The van der Waals surface area contributed by atoms with Gasteiger partial charge in [-0.2, -0.15) is 0 Å². The number of furan rings is 1. The topological polar surface area (TPSA) is 21.3 Å². The van der Waals surface area contributed by atoms with Crippen molar-refractivity contribution >= 4 is 60.8 Å². The van der Waals surface area contributed by atoms with Crippen LogP contribution in [0, 0.1) is 0 Å². The van der Waals surface area contributed by atoms with Crippen molar-refractivity contribution in [2.45, 2.75) is 19.3 Å². The van der Waals surface area contributed by atoms with Crippen molar-refractivity contribution in [3.05, 3.63) is 217 Å². The van der Waals surface area contributed by atoms with Crippen molar-refractivity contribution in [1.82, 2.24) is 4.57 Å². The average molecular weight is 769 g/mol. The van der Waals surface area contributed by atoms with E-state index < -0.39 is 0 Å². The van der Waals surface area contributed by atoms with E-state index >= 15 is 0 Å². The maximum Gasteiger partial charge on any atom is 0.145 e. The van der Waals surface area contributed by atoms with E-state index in [1.807, 2.05) is 0 Å². The highest BCUT2D eigenvalue weighted by molar-refractivity contribution is 6.18. The molecule has 0 radical (unpaired) electrons. The summed E-state index contributed by atoms with van der Waals surface area (Å²) in [7, 11) is 0. The minimum atomic E-state index is -0.108. The number of benzene rings is 9. The molecule has 0 amide bonds. The van der Waals surface area contributed by atoms with Crippen molar-refractivity contribution in [2.24, 2.45) is 0 Å². The second-order valence-corrected chi connectivity index (χ2v) is 16.4. The van der Waals surface area contributed by atoms with Gasteiger partial charge in [-0.1, -0.05) is 159 Å². The monoisotopic (exact) mass is 768 g/mol. The molecular formula is C57H40N2O. The standard InChI is InChI=1S/C57H40N2O/c1-57(2)47-26-12-6-21-40(47)41-33-32-37(36-48(41)57)39-20-7-13-27-49(39)58(38-18-4-3-5-19-38)53-35-34-45(56-55(53)46-25-11-17-31-54(46)60-56)44-24-10-16-30-52(44)59-50-28-14-8-22-42(50)43-23-9-15-29-51(43)59/h3-36H,1-2H3. The maximum atomic E-state index is 7.03. The zero-order valence-electron chi connectivity index (χ0n) is 33.4. The number of hydrogen-bond donors (Lipinski definition) is 0. The molecule has 0 saturated heterocycles. The Labute approximate surface area is 349 Å². The van der Waals surface area contributed by atoms with E-state index in [0.717, 1.165) is 61.4 Å². The minimum absolute atomic E-state index is 0.108. The first-order valence-corrected chi connectivity index (χ1v) is 20.8. The molecule has 2 aromatic heterocycles. The number of rotatable bonds is 6. The van der Waals surface area contributed by atoms with Gasteiger partial charge in [0.15, 0.2) is 0 Å². The Morgan fingerprint density at radius 3 is 1.80 bits per heavy atom. The summed E-state index contributed by atoms with van der Waals surface area (Å²) in [6.45, 7) is 4.71. The molecule has 2 heterocycles. The molecule has 0 bridgehead atoms. The van der Waals surface area contributed by atoms with Crippen LogP contribution in [-0.4, -0.2) is 4.57 Å². The lowest BCUT2D eigenvalue weighted by Gasteiger charge is -2.29. The van der Waals surface area contributed by atoms with E-state index in [-0.39, 0.29) is 5.41 Å². The van der Waals surface area contributed by atoms with Crippen LogP contribution in [0.1, 0.15) is 25.0 Å². The molecule has 12 rings (SSSR count). The second-order valence-electron chi connectivity index (χ2n) is 16.4. The van der Waals surface area contributed by atoms with Crippen LogP contribution in [0.2, 0.25) is 0 Å². The lowest BCUT2D eigenvalue weighted by molar-refractivity contribution is 0.660. The Balaban J connectivity index is 1.10. The van der Waals surface area contributed by atoms with E-state index in [9.17, 15) is 0 Å². The van der Waals surface area contributed by atoms with Crippen LogP contribution in [0.4, 0.5) is 17.1 Å². The molecule has 0 N–H and O–H groups in total. The summed E-state index contributed by atoms with van der Waals surface area (Å²) in [6.07, 6.45) is 0. The zero-order chi connectivity index (χ0) is 40.0. The summed E-state index contributed by atoms with van der Waals surface area (Å²) in [6, 6.07) is 74.7. The molecule has 0 fully saturated rings. The Bertz CT molecular complexity index is 3420. The number of nitrogens with zero attached hydrogens (tertiary/aromatic N) is 2. The number of aromatic nitrogens is 1. The van der Waals surface area contributed by atoms with Gasteiger partial charge >= 0.3 is 0 Å². The molecular weight excluding hydrogens is 729 g/mol. The lowest BCUT2D eigenvalue weighted by Crippen LogP contribution is -2.15. The summed E-state index contributed by atoms with van der Waals surface area (Å²) in [4.78, 5) is 2.43. The molecule has 0 aliphatic heterocycles. The molecule has 0 saturated carbocycles. The van der Waals surface area contributed by atoms with Gasteiger partial charge in [0.25, 0.3) is 0 Å². The van der Waals surface area contributed by atoms with Crippen molar-refractivity contribution < 1.29 is 4.42 Å². The predicted molar refractivity (Wildman–Crippen MR) is 251 cm³/mol. The molecule has 0 spiro atoms. The fourth-order valence-electron chi connectivity index (χ4n) is 10.1. The van der Waals surface area contributed by atoms with E-state index in [1.165, 1.54) is 49.6 Å². The highest BCUT2D eigenvalue weighted by Gasteiger charge is 2.35. The highest BCUT2D eigenvalue weighted by atomic mass is 16.3. The van der Waals surface area contributed by atoms with Crippen LogP contribution >= 0.6 is 0 Å². The van der Waals surface area contributed by atoms with Crippen molar-refractivity contribution in [2.75, 3.05) is 4.90 Å². The largest absolute Gasteiger partial charge is 0.455 e. The first kappa shape index (κ1) is 34.4. The molecule has 1 aliphatic carbocycles. The van der Waals surface area contributed by atoms with Crippen molar-refractivity contribution in [3.63, 3.8) is 0 Å². The minimum Gasteiger partial charge on any atom is -0.455 e. The summed E-state index contributed by atoms with van der Waals surface area (Å²) < 4.78 is 9.44. The summed E-state index contributed by atoms with van der Waals surface area (Å²) in [5.41, 5.74) is 18.2. The number of para-hydroxylation sites is 6. The lowest BCUT2D eigenvalue weighted by atomic mass is 9.81. The number of hydrogen-bond acceptors (Lipinski definition) is 2. The second kappa shape index (κ2) is 13.2. The molecule has 60 heavy (non-hydrogen) atoms. The Morgan fingerprint density at radius 2 is 1.02 bits per heavy atom. The zero-order valence-corrected chi connectivity index (χ0v) is 33.4. The SMILES string of the molecule is CC1(C)c2ccccc2-c2ccc(-c3ccccc3N(c3ccccc3)c3ccc(-c4ccccc4-n4c5ccccc5c5ccccc54)c4oc5ccccc5c34)cc21. The average Bonchev–Trinajstić information content (AvgIpc) is 3.93. The van der Waals surface area contributed by atoms with Crippen molar-refractivity contribution in [3.8, 4) is 39.1 Å². The molecule has 284 valence electrons. The van der Waals surface area contributed by atoms with Gasteiger partial charge in [-0.05, 0) is 88.5 Å². The quantitative estimate of drug-likeness (QED) is 0.168. The fraction of sp³-hybridized carbons (Fsp3) is 0.0526. The third-order valence-corrected chi connectivity index (χ3v) is 12.8. The summed E-state index contributed by atoms with van der Waals surface area (Å²) >= 11 is 0. The Kier molecular flexibility index (Phi) is 7.58. The van der Waals surface area contributed by atoms with Crippen LogP contribution in [0.3, 0.4) is 0 Å². The van der Waals surface area contributed by atoms with Gasteiger partial charge in [0, 0.05) is 44.0 Å². The van der Waals surface area contributed by atoms with E-state index in [4.69, 9.17) is 4.42 Å². The van der Waals surface area contributed by atoms with Crippen molar-refractivity contribution in [1.29, 1.82) is 0 Å². The van der Waals surface area contributed by atoms with Gasteiger partial charge in [-0.3, -0.25) is 0 Å². The van der Waals surface area contributed by atoms with Gasteiger partial charge in [0.2, 0.25) is 0 Å². The van der Waals surface area contributed by atoms with Gasteiger partial charge in [0.1, 0.15) is 11.2 Å². The molecule has 9 aromatic carbocycles. The van der Waals surface area contributed by atoms with Crippen LogP contribution in [0.15, 0.2) is 211 Å². The maximum absolute atomic E-state index is 7.03. The molecule has 1 aliphatic rings. The van der Waals surface area contributed by atoms with Crippen LogP contribution < -0.4 is 4.90 Å². The van der Waals surface area contributed by atoms with Crippen LogP contribution in [0.25, 0.3) is 82.8 Å². The highest BCUT2D eigenvalue weighted by Crippen LogP contribution is 2.52. The van der Waals surface area contributed by atoms with E-state index in [2.05, 4.69) is 230 Å². The predicted octanol–water partition coefficient (Wildman–Crippen LogP) is 15.8. The fourth-order valence-corrected chi connectivity index (χ4v) is 10.1. The number of anilines is 3. The van der Waals surface area contributed by atoms with E-state index in [0.29, 0.717) is 0 Å². The first-order chi connectivity index (χ1) is 29.6. The molecule has 3 heteroatoms. The Hall–Kier alpha value is -7.62. The molecule has 11 aromatic rings. The first-order valence-electron chi connectivity index (χ1n) is 20.8. The summed E-state index contributed by atoms with van der Waals surface area (Å²) in [5.74, 6) is 0. The molecule has 0 unspecified atom stereocenters. The van der Waals surface area contributed by atoms with Gasteiger partial charge in [-0.15, -0.1) is 0 Å². The van der Waals surface area contributed by atoms with Gasteiger partial charge in [0.05, 0.1) is 33.5 Å². The van der Waals surface area contributed by atoms with Gasteiger partial charge < -0.3 is 13.9 Å². The smallest absolute Gasteiger partial charge is 0.145 e.